The van der Waals surface area contributed by atoms with Crippen LogP contribution in [0.2, 0.25) is 5.02 Å². The minimum absolute atomic E-state index is 0.0214. The highest BCUT2D eigenvalue weighted by molar-refractivity contribution is 6.32. The molecule has 1 aromatic heterocycles. The molecule has 0 saturated heterocycles. The Morgan fingerprint density at radius 3 is 2.66 bits per heavy atom. The van der Waals surface area contributed by atoms with Gasteiger partial charge in [-0.3, -0.25) is 14.4 Å². The van der Waals surface area contributed by atoms with Crippen molar-refractivity contribution in [3.05, 3.63) is 110 Å². The Morgan fingerprint density at radius 2 is 1.83 bits per heavy atom. The number of ketones is 1. The van der Waals surface area contributed by atoms with Gasteiger partial charge >= 0.3 is 5.97 Å². The number of fused-ring (bicyclic) bond motifs is 4. The van der Waals surface area contributed by atoms with Gasteiger partial charge in [0.05, 0.1) is 17.0 Å². The lowest BCUT2D eigenvalue weighted by molar-refractivity contribution is -0.135. The second-order valence-corrected chi connectivity index (χ2v) is 8.71. The van der Waals surface area contributed by atoms with E-state index in [2.05, 4.69) is 4.98 Å². The number of hydrogen-bond donors (Lipinski definition) is 1. The molecule has 0 aliphatic carbocycles. The van der Waals surface area contributed by atoms with E-state index in [1.165, 1.54) is 36.4 Å². The van der Waals surface area contributed by atoms with Crippen molar-refractivity contribution in [3.8, 4) is 11.5 Å². The van der Waals surface area contributed by atoms with Gasteiger partial charge in [-0.1, -0.05) is 35.9 Å². The Morgan fingerprint density at radius 1 is 1.00 bits per heavy atom. The van der Waals surface area contributed by atoms with Crippen molar-refractivity contribution in [1.82, 2.24) is 4.98 Å². The molecule has 4 aromatic rings. The molecule has 0 radical (unpaired) electrons. The molecule has 8 heteroatoms. The Balaban J connectivity index is 1.52. The summed E-state index contributed by atoms with van der Waals surface area (Å²) in [6.45, 7) is 0. The minimum Gasteiger partial charge on any atom is -0.452 e. The van der Waals surface area contributed by atoms with Crippen LogP contribution in [0.5, 0.6) is 11.5 Å². The third-order valence-corrected chi connectivity index (χ3v) is 6.54. The maximum absolute atomic E-state index is 14.3. The van der Waals surface area contributed by atoms with Crippen LogP contribution in [0.4, 0.5) is 4.39 Å². The predicted octanol–water partition coefficient (Wildman–Crippen LogP) is 5.38. The summed E-state index contributed by atoms with van der Waals surface area (Å²) >= 11 is 6.12. The summed E-state index contributed by atoms with van der Waals surface area (Å²) in [4.78, 5) is 41.4. The van der Waals surface area contributed by atoms with Gasteiger partial charge in [0, 0.05) is 28.1 Å². The van der Waals surface area contributed by atoms with Crippen LogP contribution in [0.15, 0.2) is 71.2 Å². The minimum atomic E-state index is -0.709. The summed E-state index contributed by atoms with van der Waals surface area (Å²) in [7, 11) is 0. The maximum atomic E-state index is 14.3. The second-order valence-electron chi connectivity index (χ2n) is 8.30. The molecule has 0 saturated carbocycles. The van der Waals surface area contributed by atoms with Crippen LogP contribution in [-0.2, 0) is 4.79 Å². The molecule has 35 heavy (non-hydrogen) atoms. The third-order valence-electron chi connectivity index (χ3n) is 6.21. The zero-order valence-corrected chi connectivity index (χ0v) is 18.7. The number of carbonyl (C=O) groups excluding carboxylic acids is 2. The molecule has 0 spiro atoms. The highest BCUT2D eigenvalue weighted by Gasteiger charge is 2.39. The average Bonchev–Trinajstić information content (AvgIpc) is 3.15. The first-order chi connectivity index (χ1) is 16.9. The molecule has 6 nitrogen and oxygen atoms in total. The van der Waals surface area contributed by atoms with E-state index in [-0.39, 0.29) is 45.4 Å². The van der Waals surface area contributed by atoms with E-state index >= 15 is 0 Å². The van der Waals surface area contributed by atoms with E-state index < -0.39 is 23.5 Å². The summed E-state index contributed by atoms with van der Waals surface area (Å²) in [5.41, 5.74) is 1.32. The van der Waals surface area contributed by atoms with Crippen molar-refractivity contribution < 1.29 is 23.5 Å². The number of benzene rings is 3. The summed E-state index contributed by atoms with van der Waals surface area (Å²) in [6, 6.07) is 16.2. The van der Waals surface area contributed by atoms with E-state index in [9.17, 15) is 18.8 Å². The Kier molecular flexibility index (Phi) is 4.82. The second kappa shape index (κ2) is 7.92. The van der Waals surface area contributed by atoms with Crippen LogP contribution in [0, 0.1) is 5.82 Å². The fourth-order valence-electron chi connectivity index (χ4n) is 4.57. The highest BCUT2D eigenvalue weighted by Crippen LogP contribution is 2.48. The van der Waals surface area contributed by atoms with Crippen molar-refractivity contribution in [2.75, 3.05) is 0 Å². The molecule has 2 aliphatic rings. The van der Waals surface area contributed by atoms with Gasteiger partial charge in [0.25, 0.3) is 5.56 Å². The van der Waals surface area contributed by atoms with E-state index in [0.717, 1.165) is 5.39 Å². The van der Waals surface area contributed by atoms with Gasteiger partial charge in [0.15, 0.2) is 5.76 Å². The lowest BCUT2D eigenvalue weighted by atomic mass is 9.85. The molecule has 6 rings (SSSR count). The van der Waals surface area contributed by atoms with Crippen LogP contribution in [0.3, 0.4) is 0 Å². The number of carbonyl (C=O) groups is 2. The van der Waals surface area contributed by atoms with Crippen molar-refractivity contribution in [3.63, 3.8) is 0 Å². The zero-order chi connectivity index (χ0) is 24.3. The van der Waals surface area contributed by atoms with Crippen LogP contribution in [-0.4, -0.2) is 16.7 Å². The first-order valence-corrected chi connectivity index (χ1v) is 11.2. The van der Waals surface area contributed by atoms with Crippen LogP contribution in [0.1, 0.15) is 39.4 Å². The molecule has 0 amide bonds. The van der Waals surface area contributed by atoms with Crippen molar-refractivity contribution in [2.45, 2.75) is 12.3 Å². The number of nitrogens with one attached hydrogen (secondary N) is 1. The topological polar surface area (TPSA) is 85.5 Å². The molecular weight excluding hydrogens is 473 g/mol. The molecular formula is C27H15ClFNO5. The number of H-pyrrole nitrogens is 1. The number of aromatic amines is 1. The number of Topliss-reactive ketones (excluding diaryl/α,β-unsaturated/α-hetero) is 1. The molecule has 0 fully saturated rings. The van der Waals surface area contributed by atoms with Gasteiger partial charge in [-0.15, -0.1) is 0 Å². The molecule has 3 heterocycles. The smallest absolute Gasteiger partial charge is 0.312 e. The van der Waals surface area contributed by atoms with Crippen molar-refractivity contribution >= 4 is 40.3 Å². The fraction of sp³-hybridized carbons (Fsp3) is 0.0741. The van der Waals surface area contributed by atoms with Gasteiger partial charge in [0.1, 0.15) is 17.3 Å². The first-order valence-electron chi connectivity index (χ1n) is 10.8. The normalized spacial score (nSPS) is 17.8. The Bertz CT molecular complexity index is 1650. The lowest BCUT2D eigenvalue weighted by Crippen LogP contribution is -2.26. The quantitative estimate of drug-likeness (QED) is 0.233. The number of para-hydroxylation sites is 1. The van der Waals surface area contributed by atoms with Crippen molar-refractivity contribution in [1.29, 1.82) is 0 Å². The highest BCUT2D eigenvalue weighted by atomic mass is 35.5. The molecule has 1 atom stereocenters. The fourth-order valence-corrected chi connectivity index (χ4v) is 4.79. The number of hydrogen-bond acceptors (Lipinski definition) is 5. The number of halogens is 2. The molecule has 0 bridgehead atoms. The first kappa shape index (κ1) is 21.3. The van der Waals surface area contributed by atoms with E-state index in [1.807, 2.05) is 18.2 Å². The number of esters is 1. The van der Waals surface area contributed by atoms with Crippen LogP contribution in [0.25, 0.3) is 17.0 Å². The van der Waals surface area contributed by atoms with Gasteiger partial charge < -0.3 is 14.5 Å². The zero-order valence-electron chi connectivity index (χ0n) is 17.9. The SMILES string of the molecule is O=C1C[C@H](c2cc3ccccc3[nH]c2=O)c2c(ccc3c2O/C(=C\c2c(F)cccc2Cl)C3=O)O1. The number of pyridine rings is 1. The largest absolute Gasteiger partial charge is 0.452 e. The van der Waals surface area contributed by atoms with Gasteiger partial charge in [0.2, 0.25) is 5.78 Å². The van der Waals surface area contributed by atoms with Gasteiger partial charge in [-0.05, 0) is 47.9 Å². The monoisotopic (exact) mass is 487 g/mol. The van der Waals surface area contributed by atoms with Crippen LogP contribution >= 0.6 is 11.6 Å². The van der Waals surface area contributed by atoms with E-state index in [0.29, 0.717) is 16.6 Å². The predicted molar refractivity (Wildman–Crippen MR) is 127 cm³/mol. The summed E-state index contributed by atoms with van der Waals surface area (Å²) in [5.74, 6) is -2.03. The van der Waals surface area contributed by atoms with E-state index in [4.69, 9.17) is 21.1 Å². The van der Waals surface area contributed by atoms with Gasteiger partial charge in [-0.2, -0.15) is 0 Å². The summed E-state index contributed by atoms with van der Waals surface area (Å²) in [6.07, 6.45) is 1.14. The molecule has 3 aromatic carbocycles. The average molecular weight is 488 g/mol. The number of rotatable bonds is 2. The summed E-state index contributed by atoms with van der Waals surface area (Å²) in [5, 5.41) is 0.920. The van der Waals surface area contributed by atoms with Crippen LogP contribution < -0.4 is 15.0 Å². The third kappa shape index (κ3) is 3.43. The lowest BCUT2D eigenvalue weighted by Gasteiger charge is -2.26. The molecule has 0 unspecified atom stereocenters. The number of ether oxygens (including phenoxy) is 2. The molecule has 2 aliphatic heterocycles. The molecule has 1 N–H and O–H groups in total. The van der Waals surface area contributed by atoms with E-state index in [1.54, 1.807) is 12.1 Å². The Labute approximate surface area is 202 Å². The number of aromatic nitrogens is 1. The van der Waals surface area contributed by atoms with Gasteiger partial charge in [-0.25, -0.2) is 4.39 Å². The maximum Gasteiger partial charge on any atom is 0.312 e. The van der Waals surface area contributed by atoms with Crippen molar-refractivity contribution in [2.24, 2.45) is 0 Å². The number of allylic oxidation sites excluding steroid dienone is 1. The Hall–Kier alpha value is -4.23. The molecule has 172 valence electrons. The summed E-state index contributed by atoms with van der Waals surface area (Å²) < 4.78 is 25.7. The standard InChI is InChI=1S/C27H15ClFNO5/c28-18-5-3-6-19(29)17(18)11-22-25(32)14-8-9-21-24(26(14)35-22)15(12-23(31)34-21)16-10-13-4-1-2-7-20(13)30-27(16)33/h1-11,15H,12H2,(H,30,33)/b22-11-/t15-/m1/s1.